The molecule has 0 aliphatic carbocycles. The molecule has 0 bridgehead atoms. The van der Waals surface area contributed by atoms with Gasteiger partial charge in [-0.2, -0.15) is 0 Å². The Labute approximate surface area is 125 Å². The summed E-state index contributed by atoms with van der Waals surface area (Å²) < 4.78 is 19.8. The van der Waals surface area contributed by atoms with Gasteiger partial charge in [-0.05, 0) is 49.1 Å². The molecule has 0 aliphatic rings. The van der Waals surface area contributed by atoms with E-state index in [9.17, 15) is 4.39 Å². The Balaban J connectivity index is 2.37. The van der Waals surface area contributed by atoms with E-state index in [1.807, 2.05) is 32.0 Å². The summed E-state index contributed by atoms with van der Waals surface area (Å²) in [7, 11) is 0. The molecule has 0 amide bonds. The molecular weight excluding hydrogens is 265 g/mol. The van der Waals surface area contributed by atoms with Gasteiger partial charge >= 0.3 is 0 Å². The second-order valence-electron chi connectivity index (χ2n) is 5.72. The van der Waals surface area contributed by atoms with Gasteiger partial charge in [0, 0.05) is 11.6 Å². The first-order chi connectivity index (χ1) is 9.90. The van der Waals surface area contributed by atoms with Crippen LogP contribution in [0.3, 0.4) is 0 Å². The van der Waals surface area contributed by atoms with Crippen LogP contribution < -0.4 is 10.5 Å². The Bertz CT molecular complexity index is 635. The fourth-order valence-corrected chi connectivity index (χ4v) is 2.47. The van der Waals surface area contributed by atoms with Gasteiger partial charge in [-0.25, -0.2) is 4.39 Å². The zero-order chi connectivity index (χ0) is 15.6. The molecule has 0 aromatic heterocycles. The van der Waals surface area contributed by atoms with Gasteiger partial charge in [0.2, 0.25) is 0 Å². The van der Waals surface area contributed by atoms with E-state index >= 15 is 0 Å². The van der Waals surface area contributed by atoms with Gasteiger partial charge in [-0.3, -0.25) is 0 Å². The molecule has 3 heteroatoms. The van der Waals surface area contributed by atoms with Crippen molar-refractivity contribution in [3.8, 4) is 11.5 Å². The van der Waals surface area contributed by atoms with Crippen LogP contribution in [0.25, 0.3) is 0 Å². The predicted molar refractivity (Wildman–Crippen MR) is 84.3 cm³/mol. The van der Waals surface area contributed by atoms with Gasteiger partial charge in [0.25, 0.3) is 0 Å². The lowest BCUT2D eigenvalue weighted by Crippen LogP contribution is -2.07. The van der Waals surface area contributed by atoms with Crippen molar-refractivity contribution in [3.63, 3.8) is 0 Å². The van der Waals surface area contributed by atoms with Crippen LogP contribution in [0.2, 0.25) is 0 Å². The third kappa shape index (κ3) is 3.42. The smallest absolute Gasteiger partial charge is 0.167 e. The van der Waals surface area contributed by atoms with Gasteiger partial charge in [0.15, 0.2) is 11.6 Å². The molecule has 0 saturated carbocycles. The number of hydrogen-bond acceptors (Lipinski definition) is 2. The maximum atomic E-state index is 14.0. The van der Waals surface area contributed by atoms with Crippen molar-refractivity contribution >= 4 is 0 Å². The number of hydrogen-bond donors (Lipinski definition) is 1. The van der Waals surface area contributed by atoms with E-state index in [1.165, 1.54) is 11.6 Å². The molecule has 0 heterocycles. The van der Waals surface area contributed by atoms with Crippen LogP contribution in [-0.4, -0.2) is 0 Å². The number of halogens is 1. The van der Waals surface area contributed by atoms with Crippen molar-refractivity contribution in [2.24, 2.45) is 5.73 Å². The van der Waals surface area contributed by atoms with Crippen LogP contribution in [0.15, 0.2) is 36.4 Å². The van der Waals surface area contributed by atoms with Crippen LogP contribution in [0.4, 0.5) is 4.39 Å². The quantitative estimate of drug-likeness (QED) is 0.852. The molecular formula is C18H22FNO. The van der Waals surface area contributed by atoms with Gasteiger partial charge in [-0.1, -0.05) is 32.0 Å². The molecule has 0 spiro atoms. The lowest BCUT2D eigenvalue weighted by molar-refractivity contribution is 0.432. The summed E-state index contributed by atoms with van der Waals surface area (Å²) in [6.07, 6.45) is 0. The van der Waals surface area contributed by atoms with E-state index in [0.29, 0.717) is 17.2 Å². The highest BCUT2D eigenvalue weighted by Crippen LogP contribution is 2.33. The van der Waals surface area contributed by atoms with E-state index in [1.54, 1.807) is 12.1 Å². The zero-order valence-corrected chi connectivity index (χ0v) is 13.0. The van der Waals surface area contributed by atoms with Gasteiger partial charge in [0.05, 0.1) is 0 Å². The Morgan fingerprint density at radius 3 is 2.33 bits per heavy atom. The fraction of sp³-hybridized carbons (Fsp3) is 0.333. The second kappa shape index (κ2) is 6.27. The molecule has 2 nitrogen and oxygen atoms in total. The second-order valence-corrected chi connectivity index (χ2v) is 5.72. The molecule has 0 aliphatic heterocycles. The number of aryl methyl sites for hydroxylation is 1. The molecule has 0 unspecified atom stereocenters. The number of para-hydroxylation sites is 1. The molecule has 2 aromatic rings. The lowest BCUT2D eigenvalue weighted by Gasteiger charge is -2.16. The van der Waals surface area contributed by atoms with E-state index < -0.39 is 5.82 Å². The molecule has 112 valence electrons. The third-order valence-electron chi connectivity index (χ3n) is 3.57. The van der Waals surface area contributed by atoms with Crippen LogP contribution in [0.5, 0.6) is 11.5 Å². The van der Waals surface area contributed by atoms with Crippen LogP contribution in [-0.2, 0) is 0 Å². The highest BCUT2D eigenvalue weighted by Gasteiger charge is 2.14. The van der Waals surface area contributed by atoms with Gasteiger partial charge in [-0.15, -0.1) is 0 Å². The first-order valence-corrected chi connectivity index (χ1v) is 7.22. The maximum Gasteiger partial charge on any atom is 0.167 e. The number of nitrogens with two attached hydrogens (primary N) is 1. The number of ether oxygens (including phenoxy) is 1. The third-order valence-corrected chi connectivity index (χ3v) is 3.57. The minimum absolute atomic E-state index is 0.212. The first kappa shape index (κ1) is 15.5. The summed E-state index contributed by atoms with van der Waals surface area (Å²) in [5.41, 5.74) is 8.96. The summed E-state index contributed by atoms with van der Waals surface area (Å²) in [5, 5.41) is 0. The van der Waals surface area contributed by atoms with Crippen LogP contribution in [0.1, 0.15) is 49.4 Å². The molecule has 0 fully saturated rings. The van der Waals surface area contributed by atoms with E-state index in [0.717, 1.165) is 5.56 Å². The van der Waals surface area contributed by atoms with Crippen LogP contribution in [0, 0.1) is 12.7 Å². The van der Waals surface area contributed by atoms with E-state index in [2.05, 4.69) is 13.8 Å². The van der Waals surface area contributed by atoms with E-state index in [4.69, 9.17) is 10.5 Å². The SMILES string of the molecule is Cc1cc(Oc2c(F)cccc2[C@H](C)N)ccc1C(C)C. The molecule has 0 radical (unpaired) electrons. The molecule has 0 saturated heterocycles. The Morgan fingerprint density at radius 1 is 1.05 bits per heavy atom. The maximum absolute atomic E-state index is 14.0. The normalized spacial score (nSPS) is 12.5. The minimum atomic E-state index is -0.393. The Kier molecular flexibility index (Phi) is 4.63. The molecule has 1 atom stereocenters. The first-order valence-electron chi connectivity index (χ1n) is 7.22. The number of benzene rings is 2. The average molecular weight is 287 g/mol. The van der Waals surface area contributed by atoms with Crippen molar-refractivity contribution in [1.82, 2.24) is 0 Å². The summed E-state index contributed by atoms with van der Waals surface area (Å²) >= 11 is 0. The summed E-state index contributed by atoms with van der Waals surface area (Å²) in [5.74, 6) is 0.899. The highest BCUT2D eigenvalue weighted by atomic mass is 19.1. The monoisotopic (exact) mass is 287 g/mol. The summed E-state index contributed by atoms with van der Waals surface area (Å²) in [4.78, 5) is 0. The van der Waals surface area contributed by atoms with E-state index in [-0.39, 0.29) is 11.8 Å². The zero-order valence-electron chi connectivity index (χ0n) is 13.0. The fourth-order valence-electron chi connectivity index (χ4n) is 2.47. The Morgan fingerprint density at radius 2 is 1.76 bits per heavy atom. The highest BCUT2D eigenvalue weighted by molar-refractivity contribution is 5.43. The molecule has 2 N–H and O–H groups in total. The molecule has 2 aromatic carbocycles. The number of rotatable bonds is 4. The van der Waals surface area contributed by atoms with Crippen molar-refractivity contribution in [3.05, 3.63) is 58.9 Å². The molecule has 2 rings (SSSR count). The van der Waals surface area contributed by atoms with Crippen molar-refractivity contribution in [2.75, 3.05) is 0 Å². The van der Waals surface area contributed by atoms with Crippen molar-refractivity contribution in [1.29, 1.82) is 0 Å². The van der Waals surface area contributed by atoms with Crippen molar-refractivity contribution < 1.29 is 9.13 Å². The lowest BCUT2D eigenvalue weighted by atomic mass is 9.98. The largest absolute Gasteiger partial charge is 0.454 e. The van der Waals surface area contributed by atoms with Gasteiger partial charge < -0.3 is 10.5 Å². The van der Waals surface area contributed by atoms with Crippen LogP contribution >= 0.6 is 0 Å². The summed E-state index contributed by atoms with van der Waals surface area (Å²) in [6, 6.07) is 10.4. The average Bonchev–Trinajstić information content (AvgIpc) is 2.40. The minimum Gasteiger partial charge on any atom is -0.454 e. The Hall–Kier alpha value is -1.87. The topological polar surface area (TPSA) is 35.2 Å². The standard InChI is InChI=1S/C18H22FNO/c1-11(2)15-9-8-14(10-12(15)3)21-18-16(13(4)20)6-5-7-17(18)19/h5-11,13H,20H2,1-4H3/t13-/m0/s1. The van der Waals surface area contributed by atoms with Crippen molar-refractivity contribution in [2.45, 2.75) is 39.7 Å². The molecule has 21 heavy (non-hydrogen) atoms. The van der Waals surface area contributed by atoms with Gasteiger partial charge in [0.1, 0.15) is 5.75 Å². The predicted octanol–water partition coefficient (Wildman–Crippen LogP) is 5.07. The summed E-state index contributed by atoms with van der Waals surface area (Å²) in [6.45, 7) is 8.15.